The Kier molecular flexibility index (Phi) is 6.54. The molecule has 24 heavy (non-hydrogen) atoms. The third kappa shape index (κ3) is 4.23. The molecule has 1 aromatic rings. The molecule has 0 aliphatic carbocycles. The van der Waals surface area contributed by atoms with Gasteiger partial charge in [0, 0.05) is 18.5 Å². The monoisotopic (exact) mass is 360 g/mol. The van der Waals surface area contributed by atoms with Crippen LogP contribution in [0.15, 0.2) is 18.2 Å². The van der Waals surface area contributed by atoms with Gasteiger partial charge in [0.05, 0.1) is 13.2 Å². The molecule has 3 rings (SSSR count). The predicted molar refractivity (Wildman–Crippen MR) is 89.1 cm³/mol. The van der Waals surface area contributed by atoms with Gasteiger partial charge in [-0.25, -0.2) is 8.78 Å². The molecule has 4 nitrogen and oxygen atoms in total. The van der Waals surface area contributed by atoms with Gasteiger partial charge in [-0.05, 0) is 44.0 Å². The molecule has 1 aromatic carbocycles. The van der Waals surface area contributed by atoms with Crippen molar-refractivity contribution in [1.29, 1.82) is 0 Å². The smallest absolute Gasteiger partial charge is 0.225 e. The first-order chi connectivity index (χ1) is 11.0. The molecule has 1 N–H and O–H groups in total. The fourth-order valence-corrected chi connectivity index (χ4v) is 3.38. The maximum atomic E-state index is 13.4. The van der Waals surface area contributed by atoms with Crippen LogP contribution in [0.4, 0.5) is 8.78 Å². The van der Waals surface area contributed by atoms with Crippen molar-refractivity contribution in [2.24, 2.45) is 5.92 Å². The van der Waals surface area contributed by atoms with E-state index in [9.17, 15) is 13.6 Å². The quantitative estimate of drug-likeness (QED) is 0.881. The van der Waals surface area contributed by atoms with E-state index in [1.165, 1.54) is 6.07 Å². The molecule has 0 aromatic heterocycles. The first-order valence-corrected chi connectivity index (χ1v) is 8.13. The summed E-state index contributed by atoms with van der Waals surface area (Å²) in [4.78, 5) is 14.5. The molecular formula is C17H23ClF2N2O2. The Labute approximate surface area is 147 Å². The van der Waals surface area contributed by atoms with Crippen LogP contribution in [-0.2, 0) is 9.53 Å². The van der Waals surface area contributed by atoms with Gasteiger partial charge in [0.2, 0.25) is 5.91 Å². The van der Waals surface area contributed by atoms with Gasteiger partial charge in [0.15, 0.2) is 11.6 Å². The van der Waals surface area contributed by atoms with E-state index in [0.717, 1.165) is 31.5 Å². The first kappa shape index (κ1) is 19.1. The van der Waals surface area contributed by atoms with E-state index in [-0.39, 0.29) is 24.2 Å². The normalized spacial score (nSPS) is 27.5. The molecule has 1 unspecified atom stereocenters. The number of piperidine rings is 1. The van der Waals surface area contributed by atoms with Gasteiger partial charge in [-0.2, -0.15) is 0 Å². The highest BCUT2D eigenvalue weighted by molar-refractivity contribution is 5.85. The van der Waals surface area contributed by atoms with Gasteiger partial charge in [0.25, 0.3) is 0 Å². The second-order valence-electron chi connectivity index (χ2n) is 6.39. The van der Waals surface area contributed by atoms with Gasteiger partial charge in [-0.3, -0.25) is 4.79 Å². The number of hydrogen-bond donors (Lipinski definition) is 1. The molecule has 134 valence electrons. The Bertz CT molecular complexity index is 588. The second kappa shape index (κ2) is 8.23. The number of benzene rings is 1. The van der Waals surface area contributed by atoms with Crippen molar-refractivity contribution >= 4 is 18.3 Å². The maximum Gasteiger partial charge on any atom is 0.225 e. The number of nitrogens with one attached hydrogen (secondary N) is 1. The second-order valence-corrected chi connectivity index (χ2v) is 6.39. The van der Waals surface area contributed by atoms with E-state index < -0.39 is 17.7 Å². The Balaban J connectivity index is 0.00000208. The molecular weight excluding hydrogens is 338 g/mol. The third-order valence-corrected chi connectivity index (χ3v) is 4.67. The van der Waals surface area contributed by atoms with Crippen molar-refractivity contribution in [3.63, 3.8) is 0 Å². The molecule has 2 aliphatic rings. The molecule has 1 amide bonds. The van der Waals surface area contributed by atoms with Crippen LogP contribution in [0, 0.1) is 17.6 Å². The maximum absolute atomic E-state index is 13.4. The topological polar surface area (TPSA) is 41.6 Å². The number of hydrogen-bond acceptors (Lipinski definition) is 3. The SMILES string of the molecule is C[C@H]1C[C@@H](C(=O)N2CCOC(c3ccc(F)c(F)c3)C2)CCN1.Cl. The Morgan fingerprint density at radius 2 is 2.12 bits per heavy atom. The lowest BCUT2D eigenvalue weighted by Gasteiger charge is -2.37. The van der Waals surface area contributed by atoms with E-state index in [0.29, 0.717) is 31.3 Å². The summed E-state index contributed by atoms with van der Waals surface area (Å²) in [6.07, 6.45) is 1.28. The molecule has 2 fully saturated rings. The van der Waals surface area contributed by atoms with E-state index in [1.807, 2.05) is 0 Å². The standard InChI is InChI=1S/C17H22F2N2O2.ClH/c1-11-8-13(4-5-20-11)17(22)21-6-7-23-16(10-21)12-2-3-14(18)15(19)9-12;/h2-3,9,11,13,16,20H,4-8,10H2,1H3;1H/t11-,13-,16?;/m0./s1. The van der Waals surface area contributed by atoms with Crippen LogP contribution in [0.5, 0.6) is 0 Å². The van der Waals surface area contributed by atoms with E-state index in [1.54, 1.807) is 4.90 Å². The molecule has 0 bridgehead atoms. The minimum atomic E-state index is -0.887. The Morgan fingerprint density at radius 3 is 2.83 bits per heavy atom. The molecule has 2 aliphatic heterocycles. The lowest BCUT2D eigenvalue weighted by molar-refractivity contribution is -0.144. The van der Waals surface area contributed by atoms with Crippen LogP contribution in [0.25, 0.3) is 0 Å². The number of carbonyl (C=O) groups is 1. The third-order valence-electron chi connectivity index (χ3n) is 4.67. The van der Waals surface area contributed by atoms with Crippen molar-refractivity contribution in [2.45, 2.75) is 31.9 Å². The number of ether oxygens (including phenoxy) is 1. The van der Waals surface area contributed by atoms with Gasteiger partial charge in [0.1, 0.15) is 6.10 Å². The van der Waals surface area contributed by atoms with Gasteiger partial charge in [-0.1, -0.05) is 6.07 Å². The summed E-state index contributed by atoms with van der Waals surface area (Å²) in [7, 11) is 0. The zero-order valence-electron chi connectivity index (χ0n) is 13.6. The van der Waals surface area contributed by atoms with Gasteiger partial charge >= 0.3 is 0 Å². The highest BCUT2D eigenvalue weighted by Crippen LogP contribution is 2.26. The van der Waals surface area contributed by atoms with Crippen LogP contribution in [-0.4, -0.2) is 43.1 Å². The number of carbonyl (C=O) groups excluding carboxylic acids is 1. The summed E-state index contributed by atoms with van der Waals surface area (Å²) < 4.78 is 32.1. The van der Waals surface area contributed by atoms with Crippen LogP contribution >= 0.6 is 12.4 Å². The first-order valence-electron chi connectivity index (χ1n) is 8.13. The molecule has 2 heterocycles. The number of halogens is 3. The van der Waals surface area contributed by atoms with Gasteiger partial charge in [-0.15, -0.1) is 12.4 Å². The van der Waals surface area contributed by atoms with Gasteiger partial charge < -0.3 is 15.0 Å². The molecule has 0 saturated carbocycles. The minimum Gasteiger partial charge on any atom is -0.370 e. The summed E-state index contributed by atoms with van der Waals surface area (Å²) in [5.41, 5.74) is 0.570. The lowest BCUT2D eigenvalue weighted by atomic mass is 9.91. The van der Waals surface area contributed by atoms with Crippen molar-refractivity contribution in [3.8, 4) is 0 Å². The van der Waals surface area contributed by atoms with E-state index in [4.69, 9.17) is 4.74 Å². The zero-order chi connectivity index (χ0) is 16.4. The predicted octanol–water partition coefficient (Wildman–Crippen LogP) is 2.67. The molecule has 7 heteroatoms. The average molecular weight is 361 g/mol. The lowest BCUT2D eigenvalue weighted by Crippen LogP contribution is -2.48. The molecule has 2 saturated heterocycles. The highest BCUT2D eigenvalue weighted by Gasteiger charge is 2.32. The Morgan fingerprint density at radius 1 is 1.33 bits per heavy atom. The van der Waals surface area contributed by atoms with Crippen molar-refractivity contribution in [1.82, 2.24) is 10.2 Å². The summed E-state index contributed by atoms with van der Waals surface area (Å²) in [6, 6.07) is 4.12. The van der Waals surface area contributed by atoms with Crippen molar-refractivity contribution < 1.29 is 18.3 Å². The summed E-state index contributed by atoms with van der Waals surface area (Å²) in [6.45, 7) is 4.30. The van der Waals surface area contributed by atoms with Crippen molar-refractivity contribution in [2.75, 3.05) is 26.2 Å². The van der Waals surface area contributed by atoms with Crippen LogP contribution < -0.4 is 5.32 Å². The highest BCUT2D eigenvalue weighted by atomic mass is 35.5. The number of rotatable bonds is 2. The van der Waals surface area contributed by atoms with Crippen LogP contribution in [0.2, 0.25) is 0 Å². The summed E-state index contributed by atoms with van der Waals surface area (Å²) >= 11 is 0. The fourth-order valence-electron chi connectivity index (χ4n) is 3.38. The number of morpholine rings is 1. The summed E-state index contributed by atoms with van der Waals surface area (Å²) in [5, 5.41) is 3.34. The average Bonchev–Trinajstić information content (AvgIpc) is 2.57. The van der Waals surface area contributed by atoms with Crippen molar-refractivity contribution in [3.05, 3.63) is 35.4 Å². The zero-order valence-corrected chi connectivity index (χ0v) is 14.5. The minimum absolute atomic E-state index is 0. The van der Waals surface area contributed by atoms with Crippen LogP contribution in [0.1, 0.15) is 31.4 Å². The molecule has 3 atom stereocenters. The number of amides is 1. The van der Waals surface area contributed by atoms with E-state index in [2.05, 4.69) is 12.2 Å². The molecule has 0 spiro atoms. The van der Waals surface area contributed by atoms with Crippen LogP contribution in [0.3, 0.4) is 0 Å². The molecule has 0 radical (unpaired) electrons. The summed E-state index contributed by atoms with van der Waals surface area (Å²) in [5.74, 6) is -1.58. The fraction of sp³-hybridized carbons (Fsp3) is 0.588. The number of nitrogens with zero attached hydrogens (tertiary/aromatic N) is 1. The Hall–Kier alpha value is -1.24. The largest absolute Gasteiger partial charge is 0.370 e. The van der Waals surface area contributed by atoms with E-state index >= 15 is 0 Å².